The van der Waals surface area contributed by atoms with Gasteiger partial charge in [0.15, 0.2) is 0 Å². The van der Waals surface area contributed by atoms with E-state index in [4.69, 9.17) is 5.73 Å². The number of nitrogens with zero attached hydrogens (tertiary/aromatic N) is 2. The molecule has 5 nitrogen and oxygen atoms in total. The van der Waals surface area contributed by atoms with Crippen LogP contribution in [0.4, 0.5) is 5.69 Å². The first kappa shape index (κ1) is 18.6. The number of pyridine rings is 2. The van der Waals surface area contributed by atoms with Crippen LogP contribution in [0.5, 0.6) is 0 Å². The molecular weight excluding hydrogens is 323 g/mol. The van der Waals surface area contributed by atoms with Gasteiger partial charge in [-0.3, -0.25) is 14.8 Å². The number of hydrogen-bond donors (Lipinski definition) is 2. The van der Waals surface area contributed by atoms with Crippen LogP contribution in [0.25, 0.3) is 10.9 Å². The van der Waals surface area contributed by atoms with E-state index in [0.29, 0.717) is 12.3 Å². The minimum absolute atomic E-state index is 0. The summed E-state index contributed by atoms with van der Waals surface area (Å²) in [5.41, 5.74) is 7.60. The Morgan fingerprint density at radius 2 is 2.09 bits per heavy atom. The van der Waals surface area contributed by atoms with E-state index in [1.165, 1.54) is 0 Å². The highest BCUT2D eigenvalue weighted by Gasteiger charge is 2.26. The summed E-state index contributed by atoms with van der Waals surface area (Å²) >= 11 is 0. The number of nitrogens with one attached hydrogen (secondary N) is 1. The summed E-state index contributed by atoms with van der Waals surface area (Å²) < 4.78 is 0. The van der Waals surface area contributed by atoms with E-state index in [1.54, 1.807) is 24.7 Å². The maximum atomic E-state index is 12.2. The Kier molecular flexibility index (Phi) is 7.00. The summed E-state index contributed by atoms with van der Waals surface area (Å²) in [5.74, 6) is 0.324. The first-order valence-electron chi connectivity index (χ1n) is 6.98. The van der Waals surface area contributed by atoms with Gasteiger partial charge in [0, 0.05) is 36.4 Å². The predicted octanol–water partition coefficient (Wildman–Crippen LogP) is 2.93. The summed E-state index contributed by atoms with van der Waals surface area (Å²) in [7, 11) is 0. The third kappa shape index (κ3) is 4.06. The van der Waals surface area contributed by atoms with Gasteiger partial charge in [-0.05, 0) is 30.9 Å². The normalized spacial score (nSPS) is 20.0. The molecule has 0 aliphatic heterocycles. The number of anilines is 1. The van der Waals surface area contributed by atoms with Crippen molar-refractivity contribution in [3.8, 4) is 0 Å². The molecule has 0 spiro atoms. The van der Waals surface area contributed by atoms with E-state index in [0.717, 1.165) is 35.9 Å². The minimum atomic E-state index is 0. The SMILES string of the molecule is Cl.Cl.N[C@@H]1CCC[C@H]1CC(=O)Nc1ccnc2ccncc12. The molecule has 0 radical (unpaired) electrons. The Bertz CT molecular complexity index is 632. The Balaban J connectivity index is 0.00000121. The van der Waals surface area contributed by atoms with Gasteiger partial charge in [-0.15, -0.1) is 24.8 Å². The van der Waals surface area contributed by atoms with Crippen LogP contribution in [0.3, 0.4) is 0 Å². The number of amides is 1. The molecule has 2 atom stereocenters. The number of fused-ring (bicyclic) bond motifs is 1. The maximum Gasteiger partial charge on any atom is 0.224 e. The average Bonchev–Trinajstić information content (AvgIpc) is 2.85. The summed E-state index contributed by atoms with van der Waals surface area (Å²) in [4.78, 5) is 20.5. The molecule has 1 saturated carbocycles. The fourth-order valence-electron chi connectivity index (χ4n) is 2.86. The molecule has 1 aliphatic rings. The molecule has 1 fully saturated rings. The van der Waals surface area contributed by atoms with Gasteiger partial charge in [0.25, 0.3) is 0 Å². The van der Waals surface area contributed by atoms with E-state index < -0.39 is 0 Å². The van der Waals surface area contributed by atoms with Crippen molar-refractivity contribution in [3.05, 3.63) is 30.7 Å². The van der Waals surface area contributed by atoms with E-state index in [2.05, 4.69) is 15.3 Å². The Hall–Kier alpha value is -1.43. The van der Waals surface area contributed by atoms with Gasteiger partial charge in [0.1, 0.15) is 0 Å². The molecule has 120 valence electrons. The molecular formula is C15H20Cl2N4O. The molecule has 3 N–H and O–H groups in total. The zero-order valence-electron chi connectivity index (χ0n) is 12.1. The van der Waals surface area contributed by atoms with Gasteiger partial charge >= 0.3 is 0 Å². The lowest BCUT2D eigenvalue weighted by Crippen LogP contribution is -2.28. The van der Waals surface area contributed by atoms with Crippen molar-refractivity contribution in [3.63, 3.8) is 0 Å². The third-order valence-electron chi connectivity index (χ3n) is 3.98. The van der Waals surface area contributed by atoms with Crippen molar-refractivity contribution in [1.29, 1.82) is 0 Å². The molecule has 1 aliphatic carbocycles. The lowest BCUT2D eigenvalue weighted by molar-refractivity contribution is -0.117. The number of rotatable bonds is 3. The number of carbonyl (C=O) groups is 1. The molecule has 22 heavy (non-hydrogen) atoms. The smallest absolute Gasteiger partial charge is 0.224 e. The van der Waals surface area contributed by atoms with Gasteiger partial charge in [-0.1, -0.05) is 6.42 Å². The van der Waals surface area contributed by atoms with E-state index in [-0.39, 0.29) is 36.8 Å². The zero-order chi connectivity index (χ0) is 13.9. The molecule has 0 saturated heterocycles. The van der Waals surface area contributed by atoms with Crippen molar-refractivity contribution in [2.24, 2.45) is 11.7 Å². The van der Waals surface area contributed by atoms with Crippen LogP contribution >= 0.6 is 24.8 Å². The Morgan fingerprint density at radius 1 is 1.27 bits per heavy atom. The lowest BCUT2D eigenvalue weighted by atomic mass is 10.00. The highest BCUT2D eigenvalue weighted by molar-refractivity contribution is 6.00. The van der Waals surface area contributed by atoms with Crippen LogP contribution in [-0.2, 0) is 4.79 Å². The quantitative estimate of drug-likeness (QED) is 0.898. The summed E-state index contributed by atoms with van der Waals surface area (Å²) in [6, 6.07) is 3.80. The van der Waals surface area contributed by atoms with E-state index in [9.17, 15) is 4.79 Å². The molecule has 0 bridgehead atoms. The molecule has 7 heteroatoms. The number of carbonyl (C=O) groups excluding carboxylic acids is 1. The third-order valence-corrected chi connectivity index (χ3v) is 3.98. The van der Waals surface area contributed by atoms with Gasteiger partial charge in [-0.25, -0.2) is 0 Å². The second kappa shape index (κ2) is 8.27. The molecule has 2 heterocycles. The van der Waals surface area contributed by atoms with E-state index >= 15 is 0 Å². The monoisotopic (exact) mass is 342 g/mol. The van der Waals surface area contributed by atoms with Gasteiger partial charge in [0.2, 0.25) is 5.91 Å². The summed E-state index contributed by atoms with van der Waals surface area (Å²) in [6.45, 7) is 0. The topological polar surface area (TPSA) is 80.9 Å². The van der Waals surface area contributed by atoms with Gasteiger partial charge in [-0.2, -0.15) is 0 Å². The van der Waals surface area contributed by atoms with Crippen molar-refractivity contribution in [1.82, 2.24) is 9.97 Å². The molecule has 0 unspecified atom stereocenters. The number of nitrogens with two attached hydrogens (primary N) is 1. The van der Waals surface area contributed by atoms with Crippen LogP contribution < -0.4 is 11.1 Å². The van der Waals surface area contributed by atoms with Crippen molar-refractivity contribution in [2.45, 2.75) is 31.7 Å². The van der Waals surface area contributed by atoms with Gasteiger partial charge < -0.3 is 11.1 Å². The molecule has 1 amide bonds. The zero-order valence-corrected chi connectivity index (χ0v) is 13.7. The van der Waals surface area contributed by atoms with Crippen LogP contribution in [0.2, 0.25) is 0 Å². The highest BCUT2D eigenvalue weighted by Crippen LogP contribution is 2.27. The number of hydrogen-bond acceptors (Lipinski definition) is 4. The molecule has 2 aromatic heterocycles. The maximum absolute atomic E-state index is 12.2. The first-order chi connectivity index (χ1) is 9.74. The predicted molar refractivity (Wildman–Crippen MR) is 92.6 cm³/mol. The van der Waals surface area contributed by atoms with E-state index in [1.807, 2.05) is 6.07 Å². The van der Waals surface area contributed by atoms with Crippen LogP contribution in [0, 0.1) is 5.92 Å². The average molecular weight is 343 g/mol. The van der Waals surface area contributed by atoms with Crippen LogP contribution in [0.15, 0.2) is 30.7 Å². The summed E-state index contributed by atoms with van der Waals surface area (Å²) in [6.07, 6.45) is 8.80. The second-order valence-corrected chi connectivity index (χ2v) is 5.36. The highest BCUT2D eigenvalue weighted by atomic mass is 35.5. The summed E-state index contributed by atoms with van der Waals surface area (Å²) in [5, 5.41) is 3.82. The first-order valence-corrected chi connectivity index (χ1v) is 6.98. The van der Waals surface area contributed by atoms with Crippen molar-refractivity contribution in [2.75, 3.05) is 5.32 Å². The Morgan fingerprint density at radius 3 is 2.82 bits per heavy atom. The fourth-order valence-corrected chi connectivity index (χ4v) is 2.86. The number of aromatic nitrogens is 2. The fraction of sp³-hybridized carbons (Fsp3) is 0.400. The lowest BCUT2D eigenvalue weighted by Gasteiger charge is -2.15. The van der Waals surface area contributed by atoms with Crippen molar-refractivity contribution < 1.29 is 4.79 Å². The van der Waals surface area contributed by atoms with Crippen LogP contribution in [-0.4, -0.2) is 21.9 Å². The molecule has 2 aromatic rings. The molecule has 3 rings (SSSR count). The van der Waals surface area contributed by atoms with Gasteiger partial charge in [0.05, 0.1) is 11.2 Å². The van der Waals surface area contributed by atoms with Crippen molar-refractivity contribution >= 4 is 47.3 Å². The minimum Gasteiger partial charge on any atom is -0.327 e. The second-order valence-electron chi connectivity index (χ2n) is 5.36. The largest absolute Gasteiger partial charge is 0.327 e. The van der Waals surface area contributed by atoms with Crippen LogP contribution in [0.1, 0.15) is 25.7 Å². The Labute approximate surface area is 141 Å². The molecule has 0 aromatic carbocycles. The number of halogens is 2. The standard InChI is InChI=1S/C15H18N4O.2ClH/c16-12-3-1-2-10(12)8-15(20)19-14-5-7-18-13-4-6-17-9-11(13)14;;/h4-7,9-10,12H,1-3,8,16H2,(H,18,19,20);2*1H/t10-,12+;;/m0../s1.